The smallest absolute Gasteiger partial charge is 0.305 e. The van der Waals surface area contributed by atoms with Gasteiger partial charge in [-0.05, 0) is 36.6 Å². The van der Waals surface area contributed by atoms with Crippen molar-refractivity contribution in [3.8, 4) is 16.9 Å². The Morgan fingerprint density at radius 2 is 1.85 bits per heavy atom. The second kappa shape index (κ2) is 10.5. The van der Waals surface area contributed by atoms with Crippen LogP contribution in [0.1, 0.15) is 19.8 Å². The van der Waals surface area contributed by atoms with Gasteiger partial charge in [-0.2, -0.15) is 0 Å². The molecule has 0 radical (unpaired) electrons. The lowest BCUT2D eigenvalue weighted by atomic mass is 10.1. The van der Waals surface area contributed by atoms with Gasteiger partial charge >= 0.3 is 5.97 Å². The molecule has 0 fully saturated rings. The molecule has 26 heavy (non-hydrogen) atoms. The quantitative estimate of drug-likeness (QED) is 0.534. The Morgan fingerprint density at radius 3 is 2.54 bits per heavy atom. The number of nitrogens with one attached hydrogen (secondary N) is 1. The molecule has 0 atom stereocenters. The Hall–Kier alpha value is -2.53. The molecule has 138 valence electrons. The number of hydrogen-bond donors (Lipinski definition) is 1. The van der Waals surface area contributed by atoms with E-state index in [0.717, 1.165) is 11.1 Å². The average Bonchev–Trinajstić information content (AvgIpc) is 2.65. The van der Waals surface area contributed by atoms with Gasteiger partial charge in [-0.1, -0.05) is 48.0 Å². The summed E-state index contributed by atoms with van der Waals surface area (Å²) in [4.78, 5) is 23.0. The van der Waals surface area contributed by atoms with Crippen molar-refractivity contribution in [2.75, 3.05) is 19.8 Å². The van der Waals surface area contributed by atoms with E-state index in [0.29, 0.717) is 30.3 Å². The molecular weight excluding hydrogens is 354 g/mol. The highest BCUT2D eigenvalue weighted by atomic mass is 35.5. The lowest BCUT2D eigenvalue weighted by molar-refractivity contribution is -0.143. The van der Waals surface area contributed by atoms with Gasteiger partial charge in [0.2, 0.25) is 0 Å². The van der Waals surface area contributed by atoms with Crippen molar-refractivity contribution in [1.29, 1.82) is 0 Å². The summed E-state index contributed by atoms with van der Waals surface area (Å²) in [6, 6.07) is 15.3. The number of rotatable bonds is 9. The highest BCUT2D eigenvalue weighted by molar-refractivity contribution is 6.32. The van der Waals surface area contributed by atoms with Gasteiger partial charge in [-0.15, -0.1) is 0 Å². The predicted molar refractivity (Wildman–Crippen MR) is 101 cm³/mol. The standard InChI is InChI=1S/C20H22ClNO4/c1-2-25-20(24)9-6-12-22-19(23)14-26-18-11-10-16(13-17(18)21)15-7-4-3-5-8-15/h3-5,7-8,10-11,13H,2,6,9,12,14H2,1H3,(H,22,23). The van der Waals surface area contributed by atoms with E-state index in [1.54, 1.807) is 13.0 Å². The highest BCUT2D eigenvalue weighted by Crippen LogP contribution is 2.30. The van der Waals surface area contributed by atoms with Crippen molar-refractivity contribution >= 4 is 23.5 Å². The Bertz CT molecular complexity index is 734. The number of hydrogen-bond acceptors (Lipinski definition) is 4. The molecule has 5 nitrogen and oxygen atoms in total. The summed E-state index contributed by atoms with van der Waals surface area (Å²) in [6.07, 6.45) is 0.804. The molecule has 0 aliphatic heterocycles. The van der Waals surface area contributed by atoms with Crippen LogP contribution in [0, 0.1) is 0 Å². The van der Waals surface area contributed by atoms with Crippen LogP contribution in [0.15, 0.2) is 48.5 Å². The summed E-state index contributed by atoms with van der Waals surface area (Å²) in [5.74, 6) is -0.0756. The summed E-state index contributed by atoms with van der Waals surface area (Å²) >= 11 is 6.25. The number of halogens is 1. The summed E-state index contributed by atoms with van der Waals surface area (Å²) in [7, 11) is 0. The fourth-order valence-corrected chi connectivity index (χ4v) is 2.55. The van der Waals surface area contributed by atoms with Crippen LogP contribution in [0.2, 0.25) is 5.02 Å². The minimum absolute atomic E-state index is 0.135. The third-order valence-electron chi connectivity index (χ3n) is 3.58. The van der Waals surface area contributed by atoms with E-state index in [-0.39, 0.29) is 24.9 Å². The summed E-state index contributed by atoms with van der Waals surface area (Å²) < 4.78 is 10.3. The molecule has 0 aliphatic rings. The zero-order chi connectivity index (χ0) is 18.8. The maximum atomic E-state index is 11.8. The van der Waals surface area contributed by atoms with Crippen molar-refractivity contribution in [3.05, 3.63) is 53.6 Å². The van der Waals surface area contributed by atoms with E-state index in [1.807, 2.05) is 42.5 Å². The van der Waals surface area contributed by atoms with Crippen LogP contribution >= 0.6 is 11.6 Å². The summed E-state index contributed by atoms with van der Waals surface area (Å²) in [5, 5.41) is 3.14. The van der Waals surface area contributed by atoms with E-state index in [1.165, 1.54) is 0 Å². The third kappa shape index (κ3) is 6.41. The highest BCUT2D eigenvalue weighted by Gasteiger charge is 2.08. The van der Waals surface area contributed by atoms with Crippen LogP contribution in [0.4, 0.5) is 0 Å². The molecule has 1 amide bonds. The number of carbonyl (C=O) groups excluding carboxylic acids is 2. The van der Waals surface area contributed by atoms with Gasteiger partial charge in [0.25, 0.3) is 5.91 Å². The topological polar surface area (TPSA) is 64.6 Å². The van der Waals surface area contributed by atoms with E-state index in [4.69, 9.17) is 21.1 Å². The second-order valence-electron chi connectivity index (χ2n) is 5.56. The zero-order valence-electron chi connectivity index (χ0n) is 14.7. The fourth-order valence-electron chi connectivity index (χ4n) is 2.32. The first-order valence-electron chi connectivity index (χ1n) is 8.50. The Morgan fingerprint density at radius 1 is 1.08 bits per heavy atom. The molecule has 0 spiro atoms. The van der Waals surface area contributed by atoms with E-state index in [9.17, 15) is 9.59 Å². The van der Waals surface area contributed by atoms with Crippen LogP contribution in [-0.2, 0) is 14.3 Å². The van der Waals surface area contributed by atoms with Crippen LogP contribution < -0.4 is 10.1 Å². The van der Waals surface area contributed by atoms with Crippen molar-refractivity contribution in [3.63, 3.8) is 0 Å². The number of ether oxygens (including phenoxy) is 2. The molecule has 2 aromatic carbocycles. The molecule has 0 saturated heterocycles. The first-order chi connectivity index (χ1) is 12.6. The van der Waals surface area contributed by atoms with Gasteiger partial charge in [0.15, 0.2) is 6.61 Å². The summed E-state index contributed by atoms with van der Waals surface area (Å²) in [5.41, 5.74) is 2.03. The minimum atomic E-state index is -0.267. The van der Waals surface area contributed by atoms with E-state index in [2.05, 4.69) is 5.32 Å². The minimum Gasteiger partial charge on any atom is -0.482 e. The van der Waals surface area contributed by atoms with E-state index >= 15 is 0 Å². The largest absolute Gasteiger partial charge is 0.482 e. The Balaban J connectivity index is 1.77. The number of benzene rings is 2. The van der Waals surface area contributed by atoms with Gasteiger partial charge in [-0.3, -0.25) is 9.59 Å². The fraction of sp³-hybridized carbons (Fsp3) is 0.300. The molecular formula is C20H22ClNO4. The summed E-state index contributed by atoms with van der Waals surface area (Å²) in [6.45, 7) is 2.38. The van der Waals surface area contributed by atoms with E-state index < -0.39 is 0 Å². The van der Waals surface area contributed by atoms with Gasteiger partial charge in [0, 0.05) is 13.0 Å². The van der Waals surface area contributed by atoms with Crippen LogP contribution in [0.3, 0.4) is 0 Å². The third-order valence-corrected chi connectivity index (χ3v) is 3.88. The average molecular weight is 376 g/mol. The van der Waals surface area contributed by atoms with Gasteiger partial charge in [0.05, 0.1) is 11.6 Å². The first kappa shape index (κ1) is 19.8. The molecule has 2 rings (SSSR count). The normalized spacial score (nSPS) is 10.2. The predicted octanol–water partition coefficient (Wildman–Crippen LogP) is 3.85. The number of amides is 1. The number of carbonyl (C=O) groups is 2. The molecule has 2 aromatic rings. The molecule has 0 aliphatic carbocycles. The van der Waals surface area contributed by atoms with Crippen molar-refractivity contribution < 1.29 is 19.1 Å². The van der Waals surface area contributed by atoms with Gasteiger partial charge in [-0.25, -0.2) is 0 Å². The molecule has 0 saturated carbocycles. The second-order valence-corrected chi connectivity index (χ2v) is 5.97. The van der Waals surface area contributed by atoms with Crippen LogP contribution in [0.5, 0.6) is 5.75 Å². The zero-order valence-corrected chi connectivity index (χ0v) is 15.4. The first-order valence-corrected chi connectivity index (χ1v) is 8.88. The molecule has 0 heterocycles. The lowest BCUT2D eigenvalue weighted by Crippen LogP contribution is -2.30. The maximum Gasteiger partial charge on any atom is 0.305 e. The van der Waals surface area contributed by atoms with Crippen molar-refractivity contribution in [2.45, 2.75) is 19.8 Å². The van der Waals surface area contributed by atoms with Crippen molar-refractivity contribution in [2.24, 2.45) is 0 Å². The molecule has 6 heteroatoms. The van der Waals surface area contributed by atoms with Gasteiger partial charge in [0.1, 0.15) is 5.75 Å². The molecule has 0 aromatic heterocycles. The van der Waals surface area contributed by atoms with Crippen LogP contribution in [0.25, 0.3) is 11.1 Å². The lowest BCUT2D eigenvalue weighted by Gasteiger charge is -2.10. The molecule has 1 N–H and O–H groups in total. The SMILES string of the molecule is CCOC(=O)CCCNC(=O)COc1ccc(-c2ccccc2)cc1Cl. The Labute approximate surface area is 158 Å². The molecule has 0 bridgehead atoms. The Kier molecular flexibility index (Phi) is 7.96. The monoisotopic (exact) mass is 375 g/mol. The maximum absolute atomic E-state index is 11.8. The van der Waals surface area contributed by atoms with Crippen molar-refractivity contribution in [1.82, 2.24) is 5.32 Å². The van der Waals surface area contributed by atoms with Gasteiger partial charge < -0.3 is 14.8 Å². The molecule has 0 unspecified atom stereocenters. The van der Waals surface area contributed by atoms with Crippen LogP contribution in [-0.4, -0.2) is 31.6 Å². The number of esters is 1.